The van der Waals surface area contributed by atoms with Crippen LogP contribution < -0.4 is 10.1 Å². The Balaban J connectivity index is 1.74. The molecule has 1 N–H and O–H groups in total. The lowest BCUT2D eigenvalue weighted by Crippen LogP contribution is -2.41. The highest BCUT2D eigenvalue weighted by Crippen LogP contribution is 2.13. The van der Waals surface area contributed by atoms with Gasteiger partial charge in [-0.15, -0.1) is 0 Å². The van der Waals surface area contributed by atoms with Crippen molar-refractivity contribution in [2.24, 2.45) is 0 Å². The summed E-state index contributed by atoms with van der Waals surface area (Å²) in [6.07, 6.45) is 3.40. The molecule has 2 rings (SSSR count). The second-order valence-corrected chi connectivity index (χ2v) is 5.67. The average molecular weight is 316 g/mol. The minimum absolute atomic E-state index is 0.0939. The molecule has 0 bridgehead atoms. The van der Waals surface area contributed by atoms with Crippen LogP contribution in [0.1, 0.15) is 24.7 Å². The molecule has 5 nitrogen and oxygen atoms in total. The molecule has 1 aromatic carbocycles. The number of urea groups is 1. The highest BCUT2D eigenvalue weighted by atomic mass is 16.5. The van der Waals surface area contributed by atoms with Crippen LogP contribution in [-0.4, -0.2) is 31.1 Å². The second kappa shape index (κ2) is 8.27. The van der Waals surface area contributed by atoms with Crippen LogP contribution in [0.25, 0.3) is 0 Å². The molecule has 1 aromatic heterocycles. The number of ether oxygens (including phenoxy) is 1. The lowest BCUT2D eigenvalue weighted by molar-refractivity contribution is 0.199. The van der Waals surface area contributed by atoms with Crippen LogP contribution in [0.4, 0.5) is 4.79 Å². The number of benzene rings is 1. The molecule has 0 aliphatic heterocycles. The molecule has 0 saturated heterocycles. The summed E-state index contributed by atoms with van der Waals surface area (Å²) in [5, 5.41) is 3.01. The summed E-state index contributed by atoms with van der Waals surface area (Å²) in [5.41, 5.74) is 1.23. The van der Waals surface area contributed by atoms with Crippen LogP contribution in [0.15, 0.2) is 47.1 Å². The van der Waals surface area contributed by atoms with Crippen molar-refractivity contribution < 1.29 is 13.9 Å². The van der Waals surface area contributed by atoms with E-state index >= 15 is 0 Å². The predicted molar refractivity (Wildman–Crippen MR) is 89.5 cm³/mol. The Labute approximate surface area is 137 Å². The number of hydrogen-bond acceptors (Lipinski definition) is 3. The number of amides is 2. The summed E-state index contributed by atoms with van der Waals surface area (Å²) in [6.45, 7) is 2.48. The van der Waals surface area contributed by atoms with Crippen molar-refractivity contribution in [2.75, 3.05) is 14.2 Å². The van der Waals surface area contributed by atoms with Crippen LogP contribution in [0.2, 0.25) is 0 Å². The SMILES string of the molecule is COc1ccc(CCC(C)NC(=O)N(C)Cc2ccco2)cc1. The van der Waals surface area contributed by atoms with E-state index in [9.17, 15) is 4.79 Å². The number of hydrogen-bond donors (Lipinski definition) is 1. The molecule has 0 spiro atoms. The zero-order valence-electron chi connectivity index (χ0n) is 13.9. The molecule has 2 amide bonds. The van der Waals surface area contributed by atoms with Crippen LogP contribution in [-0.2, 0) is 13.0 Å². The van der Waals surface area contributed by atoms with E-state index in [0.29, 0.717) is 6.54 Å². The molecule has 0 saturated carbocycles. The number of carbonyl (C=O) groups excluding carboxylic acids is 1. The van der Waals surface area contributed by atoms with Crippen molar-refractivity contribution in [3.05, 3.63) is 54.0 Å². The first-order valence-corrected chi connectivity index (χ1v) is 7.75. The van der Waals surface area contributed by atoms with Crippen molar-refractivity contribution in [1.29, 1.82) is 0 Å². The molecule has 0 aliphatic carbocycles. The van der Waals surface area contributed by atoms with E-state index in [4.69, 9.17) is 9.15 Å². The summed E-state index contributed by atoms with van der Waals surface area (Å²) in [4.78, 5) is 13.7. The number of nitrogens with zero attached hydrogens (tertiary/aromatic N) is 1. The Morgan fingerprint density at radius 2 is 2.04 bits per heavy atom. The van der Waals surface area contributed by atoms with Gasteiger partial charge in [0, 0.05) is 13.1 Å². The minimum atomic E-state index is -0.0939. The van der Waals surface area contributed by atoms with Gasteiger partial charge in [-0.3, -0.25) is 0 Å². The van der Waals surface area contributed by atoms with E-state index in [1.807, 2.05) is 31.2 Å². The van der Waals surface area contributed by atoms with Gasteiger partial charge in [0.05, 0.1) is 19.9 Å². The Morgan fingerprint density at radius 1 is 1.30 bits per heavy atom. The highest BCUT2D eigenvalue weighted by molar-refractivity contribution is 5.74. The molecular weight excluding hydrogens is 292 g/mol. The maximum Gasteiger partial charge on any atom is 0.317 e. The van der Waals surface area contributed by atoms with E-state index in [1.165, 1.54) is 5.56 Å². The molecule has 0 radical (unpaired) electrons. The number of nitrogens with one attached hydrogen (secondary N) is 1. The minimum Gasteiger partial charge on any atom is -0.497 e. The van der Waals surface area contributed by atoms with Gasteiger partial charge in [0.25, 0.3) is 0 Å². The number of aryl methyl sites for hydroxylation is 1. The smallest absolute Gasteiger partial charge is 0.317 e. The number of carbonyl (C=O) groups is 1. The van der Waals surface area contributed by atoms with Crippen LogP contribution >= 0.6 is 0 Å². The van der Waals surface area contributed by atoms with E-state index in [-0.39, 0.29) is 12.1 Å². The third-order valence-electron chi connectivity index (χ3n) is 3.71. The standard InChI is InChI=1S/C18H24N2O3/c1-14(6-7-15-8-10-16(22-3)11-9-15)19-18(21)20(2)13-17-5-4-12-23-17/h4-5,8-12,14H,6-7,13H2,1-3H3,(H,19,21). The summed E-state index contributed by atoms with van der Waals surface area (Å²) in [7, 11) is 3.42. The van der Waals surface area contributed by atoms with Gasteiger partial charge in [0.1, 0.15) is 11.5 Å². The van der Waals surface area contributed by atoms with E-state index < -0.39 is 0 Å². The molecule has 5 heteroatoms. The monoisotopic (exact) mass is 316 g/mol. The first kappa shape index (κ1) is 16.9. The quantitative estimate of drug-likeness (QED) is 0.851. The average Bonchev–Trinajstić information content (AvgIpc) is 3.06. The first-order chi connectivity index (χ1) is 11.1. The van der Waals surface area contributed by atoms with Crippen LogP contribution in [0, 0.1) is 0 Å². The Morgan fingerprint density at radius 3 is 2.65 bits per heavy atom. The zero-order valence-corrected chi connectivity index (χ0v) is 13.9. The molecule has 1 atom stereocenters. The third kappa shape index (κ3) is 5.36. The van der Waals surface area contributed by atoms with Gasteiger partial charge in [-0.25, -0.2) is 4.79 Å². The summed E-state index contributed by atoms with van der Waals surface area (Å²) in [6, 6.07) is 11.7. The molecule has 1 heterocycles. The topological polar surface area (TPSA) is 54.7 Å². The fourth-order valence-corrected chi connectivity index (χ4v) is 2.28. The fraction of sp³-hybridized carbons (Fsp3) is 0.389. The lowest BCUT2D eigenvalue weighted by Gasteiger charge is -2.20. The molecule has 0 aliphatic rings. The van der Waals surface area contributed by atoms with Crippen LogP contribution in [0.3, 0.4) is 0 Å². The molecule has 1 unspecified atom stereocenters. The molecule has 2 aromatic rings. The maximum absolute atomic E-state index is 12.1. The molecule has 0 fully saturated rings. The van der Waals surface area contributed by atoms with Crippen LogP contribution in [0.5, 0.6) is 5.75 Å². The zero-order chi connectivity index (χ0) is 16.7. The van der Waals surface area contributed by atoms with Crippen molar-refractivity contribution in [3.63, 3.8) is 0 Å². The normalized spacial score (nSPS) is 11.8. The summed E-state index contributed by atoms with van der Waals surface area (Å²) < 4.78 is 10.4. The molecular formula is C18H24N2O3. The largest absolute Gasteiger partial charge is 0.497 e. The predicted octanol–water partition coefficient (Wildman–Crippen LogP) is 3.45. The third-order valence-corrected chi connectivity index (χ3v) is 3.71. The Bertz CT molecular complexity index is 593. The van der Waals surface area contributed by atoms with Crippen molar-refractivity contribution in [1.82, 2.24) is 10.2 Å². The number of furan rings is 1. The van der Waals surface area contributed by atoms with Gasteiger partial charge in [-0.2, -0.15) is 0 Å². The van der Waals surface area contributed by atoms with E-state index in [1.54, 1.807) is 25.3 Å². The van der Waals surface area contributed by atoms with Crippen molar-refractivity contribution in [3.8, 4) is 5.75 Å². The second-order valence-electron chi connectivity index (χ2n) is 5.67. The van der Waals surface area contributed by atoms with E-state index in [0.717, 1.165) is 24.4 Å². The fourth-order valence-electron chi connectivity index (χ4n) is 2.28. The maximum atomic E-state index is 12.1. The number of rotatable bonds is 7. The van der Waals surface area contributed by atoms with Crippen molar-refractivity contribution >= 4 is 6.03 Å². The van der Waals surface area contributed by atoms with Gasteiger partial charge >= 0.3 is 6.03 Å². The molecule has 124 valence electrons. The highest BCUT2D eigenvalue weighted by Gasteiger charge is 2.13. The Hall–Kier alpha value is -2.43. The van der Waals surface area contributed by atoms with E-state index in [2.05, 4.69) is 17.4 Å². The summed E-state index contributed by atoms with van der Waals surface area (Å²) >= 11 is 0. The number of methoxy groups -OCH3 is 1. The van der Waals surface area contributed by atoms with Gasteiger partial charge < -0.3 is 19.4 Å². The van der Waals surface area contributed by atoms with Gasteiger partial charge in [-0.1, -0.05) is 12.1 Å². The summed E-state index contributed by atoms with van der Waals surface area (Å²) in [5.74, 6) is 1.63. The van der Waals surface area contributed by atoms with Gasteiger partial charge in [0.2, 0.25) is 0 Å². The van der Waals surface area contributed by atoms with Gasteiger partial charge in [0.15, 0.2) is 0 Å². The first-order valence-electron chi connectivity index (χ1n) is 7.75. The van der Waals surface area contributed by atoms with Gasteiger partial charge in [-0.05, 0) is 49.6 Å². The van der Waals surface area contributed by atoms with Crippen molar-refractivity contribution in [2.45, 2.75) is 32.4 Å². The Kier molecular flexibility index (Phi) is 6.09. The molecule has 23 heavy (non-hydrogen) atoms. The lowest BCUT2D eigenvalue weighted by atomic mass is 10.1.